The molecule has 2 aliphatic rings. The largest absolute Gasteiger partial charge is 0.406 e. The molecular weight excluding hydrogens is 287 g/mol. The number of fused-ring (bicyclic) bond motifs is 1. The highest BCUT2D eigenvalue weighted by atomic mass is 19.4. The zero-order valence-electron chi connectivity index (χ0n) is 11.3. The van der Waals surface area contributed by atoms with Gasteiger partial charge in [-0.15, -0.1) is 0 Å². The first-order valence-corrected chi connectivity index (χ1v) is 6.57. The van der Waals surface area contributed by atoms with Gasteiger partial charge in [0, 0.05) is 5.69 Å². The molecule has 2 aliphatic heterocycles. The predicted molar refractivity (Wildman–Crippen MR) is 67.9 cm³/mol. The van der Waals surface area contributed by atoms with Crippen LogP contribution in [-0.2, 0) is 14.3 Å². The van der Waals surface area contributed by atoms with Crippen LogP contribution >= 0.6 is 0 Å². The summed E-state index contributed by atoms with van der Waals surface area (Å²) in [4.78, 5) is 13.3. The van der Waals surface area contributed by atoms with Crippen molar-refractivity contribution in [3.8, 4) is 0 Å². The maximum atomic E-state index is 12.7. The molecule has 0 radical (unpaired) electrons. The molecule has 0 spiro atoms. The first-order valence-electron chi connectivity index (χ1n) is 6.57. The van der Waals surface area contributed by atoms with Gasteiger partial charge in [0.2, 0.25) is 5.91 Å². The van der Waals surface area contributed by atoms with E-state index in [-0.39, 0.29) is 5.69 Å². The maximum Gasteiger partial charge on any atom is 0.406 e. The van der Waals surface area contributed by atoms with Crippen molar-refractivity contribution < 1.29 is 27.4 Å². The van der Waals surface area contributed by atoms with Crippen molar-refractivity contribution in [2.24, 2.45) is 0 Å². The Morgan fingerprint density at radius 1 is 1.29 bits per heavy atom. The Bertz CT molecular complexity index is 567. The summed E-state index contributed by atoms with van der Waals surface area (Å²) in [6.45, 7) is 0.926. The van der Waals surface area contributed by atoms with E-state index in [1.54, 1.807) is 25.1 Å². The topological polar surface area (TPSA) is 38.8 Å². The van der Waals surface area contributed by atoms with Crippen LogP contribution in [0.1, 0.15) is 18.4 Å². The van der Waals surface area contributed by atoms with E-state index in [1.807, 2.05) is 0 Å². The molecule has 21 heavy (non-hydrogen) atoms. The van der Waals surface area contributed by atoms with E-state index in [2.05, 4.69) is 0 Å². The first-order chi connectivity index (χ1) is 9.82. The van der Waals surface area contributed by atoms with Crippen LogP contribution in [0.3, 0.4) is 0 Å². The minimum Gasteiger partial charge on any atom is -0.347 e. The molecule has 2 heterocycles. The van der Waals surface area contributed by atoms with Crippen molar-refractivity contribution in [3.05, 3.63) is 29.8 Å². The number of para-hydroxylation sites is 1. The lowest BCUT2D eigenvalue weighted by atomic mass is 9.93. The number of hydrogen-bond donors (Lipinski definition) is 0. The molecule has 4 nitrogen and oxygen atoms in total. The van der Waals surface area contributed by atoms with Crippen molar-refractivity contribution in [2.75, 3.05) is 24.7 Å². The second-order valence-corrected chi connectivity index (χ2v) is 5.24. The standard InChI is InChI=1S/C14H14F3NO3/c1-13(20-6-7-21-13)11-9-4-2-3-5-10(9)18(12(11)19)8-14(15,16)17/h2-5,11H,6-8H2,1H3. The van der Waals surface area contributed by atoms with Crippen LogP contribution in [0.5, 0.6) is 0 Å². The number of carbonyl (C=O) groups is 1. The third kappa shape index (κ3) is 2.40. The number of carbonyl (C=O) groups excluding carboxylic acids is 1. The van der Waals surface area contributed by atoms with Crippen molar-refractivity contribution >= 4 is 11.6 Å². The lowest BCUT2D eigenvalue weighted by Gasteiger charge is -2.28. The number of nitrogens with zero attached hydrogens (tertiary/aromatic N) is 1. The van der Waals surface area contributed by atoms with Gasteiger partial charge < -0.3 is 14.4 Å². The van der Waals surface area contributed by atoms with E-state index in [1.165, 1.54) is 6.07 Å². The van der Waals surface area contributed by atoms with E-state index >= 15 is 0 Å². The predicted octanol–water partition coefficient (Wildman–Crippen LogP) is 2.44. The monoisotopic (exact) mass is 301 g/mol. The van der Waals surface area contributed by atoms with E-state index in [9.17, 15) is 18.0 Å². The normalized spacial score (nSPS) is 24.5. The molecule has 3 rings (SSSR count). The highest BCUT2D eigenvalue weighted by molar-refractivity contribution is 6.05. The summed E-state index contributed by atoms with van der Waals surface area (Å²) in [7, 11) is 0. The molecule has 0 saturated carbocycles. The lowest BCUT2D eigenvalue weighted by Crippen LogP contribution is -2.44. The van der Waals surface area contributed by atoms with Crippen molar-refractivity contribution in [3.63, 3.8) is 0 Å². The average Bonchev–Trinajstić information content (AvgIpc) is 2.93. The number of benzene rings is 1. The SMILES string of the molecule is CC1(C2C(=O)N(CC(F)(F)F)c3ccccc32)OCCO1. The molecule has 0 N–H and O–H groups in total. The number of alkyl halides is 3. The molecule has 7 heteroatoms. The fourth-order valence-electron chi connectivity index (χ4n) is 2.93. The van der Waals surface area contributed by atoms with Crippen molar-refractivity contribution in [1.29, 1.82) is 0 Å². The fourth-order valence-corrected chi connectivity index (χ4v) is 2.93. The number of ether oxygens (including phenoxy) is 2. The number of halogens is 3. The third-order valence-electron chi connectivity index (χ3n) is 3.77. The van der Waals surface area contributed by atoms with Gasteiger partial charge in [-0.25, -0.2) is 0 Å². The van der Waals surface area contributed by atoms with Gasteiger partial charge in [-0.05, 0) is 18.6 Å². The van der Waals surface area contributed by atoms with Gasteiger partial charge in [-0.2, -0.15) is 13.2 Å². The first kappa shape index (κ1) is 14.3. The summed E-state index contributed by atoms with van der Waals surface area (Å²) >= 11 is 0. The summed E-state index contributed by atoms with van der Waals surface area (Å²) < 4.78 is 49.1. The van der Waals surface area contributed by atoms with Gasteiger partial charge in [0.15, 0.2) is 5.79 Å². The molecule has 0 aliphatic carbocycles. The summed E-state index contributed by atoms with van der Waals surface area (Å²) in [5.74, 6) is -2.73. The van der Waals surface area contributed by atoms with Crippen LogP contribution in [0.2, 0.25) is 0 Å². The quantitative estimate of drug-likeness (QED) is 0.842. The second-order valence-electron chi connectivity index (χ2n) is 5.24. The van der Waals surface area contributed by atoms with Gasteiger partial charge in [0.25, 0.3) is 0 Å². The number of anilines is 1. The smallest absolute Gasteiger partial charge is 0.347 e. The zero-order chi connectivity index (χ0) is 15.3. The third-order valence-corrected chi connectivity index (χ3v) is 3.77. The summed E-state index contributed by atoms with van der Waals surface area (Å²) in [6, 6.07) is 6.45. The number of rotatable bonds is 2. The summed E-state index contributed by atoms with van der Waals surface area (Å²) in [6.07, 6.45) is -4.46. The Balaban J connectivity index is 2.02. The van der Waals surface area contributed by atoms with Gasteiger partial charge in [-0.1, -0.05) is 18.2 Å². The molecule has 1 fully saturated rings. The van der Waals surface area contributed by atoms with Crippen LogP contribution in [0.4, 0.5) is 18.9 Å². The molecule has 1 unspecified atom stereocenters. The van der Waals surface area contributed by atoms with Gasteiger partial charge >= 0.3 is 6.18 Å². The second kappa shape index (κ2) is 4.71. The van der Waals surface area contributed by atoms with E-state index < -0.39 is 30.3 Å². The Morgan fingerprint density at radius 2 is 1.90 bits per heavy atom. The van der Waals surface area contributed by atoms with Crippen LogP contribution in [0, 0.1) is 0 Å². The van der Waals surface area contributed by atoms with Gasteiger partial charge in [0.05, 0.1) is 13.2 Å². The maximum absolute atomic E-state index is 12.7. The van der Waals surface area contributed by atoms with Crippen LogP contribution in [0.25, 0.3) is 0 Å². The average molecular weight is 301 g/mol. The fraction of sp³-hybridized carbons (Fsp3) is 0.500. The number of amides is 1. The Kier molecular flexibility index (Phi) is 3.22. The summed E-state index contributed by atoms with van der Waals surface area (Å²) in [5.41, 5.74) is 0.779. The van der Waals surface area contributed by atoms with Crippen LogP contribution < -0.4 is 4.90 Å². The molecule has 0 bridgehead atoms. The van der Waals surface area contributed by atoms with Gasteiger partial charge in [-0.3, -0.25) is 4.79 Å². The van der Waals surface area contributed by atoms with E-state index in [4.69, 9.17) is 9.47 Å². The Morgan fingerprint density at radius 3 is 2.52 bits per heavy atom. The molecule has 0 aromatic heterocycles. The van der Waals surface area contributed by atoms with Crippen molar-refractivity contribution in [2.45, 2.75) is 24.8 Å². The minimum atomic E-state index is -4.46. The molecule has 1 aromatic rings. The van der Waals surface area contributed by atoms with Crippen LogP contribution in [0.15, 0.2) is 24.3 Å². The highest BCUT2D eigenvalue weighted by Crippen LogP contribution is 2.46. The van der Waals surface area contributed by atoms with Gasteiger partial charge in [0.1, 0.15) is 12.5 Å². The van der Waals surface area contributed by atoms with Crippen molar-refractivity contribution in [1.82, 2.24) is 0 Å². The summed E-state index contributed by atoms with van der Waals surface area (Å²) in [5, 5.41) is 0. The molecule has 1 atom stereocenters. The molecule has 1 amide bonds. The van der Waals surface area contributed by atoms with E-state index in [0.29, 0.717) is 18.8 Å². The van der Waals surface area contributed by atoms with Crippen LogP contribution in [-0.4, -0.2) is 37.6 Å². The lowest BCUT2D eigenvalue weighted by molar-refractivity contribution is -0.169. The number of hydrogen-bond acceptors (Lipinski definition) is 3. The minimum absolute atomic E-state index is 0.269. The van der Waals surface area contributed by atoms with E-state index in [0.717, 1.165) is 4.90 Å². The molecule has 1 saturated heterocycles. The molecule has 1 aromatic carbocycles. The molecular formula is C14H14F3NO3. The Labute approximate surface area is 119 Å². The highest BCUT2D eigenvalue weighted by Gasteiger charge is 2.53. The molecule has 114 valence electrons. The Hall–Kier alpha value is -1.60. The zero-order valence-corrected chi connectivity index (χ0v) is 11.3.